The Hall–Kier alpha value is -2.73. The van der Waals surface area contributed by atoms with E-state index in [0.29, 0.717) is 29.6 Å². The van der Waals surface area contributed by atoms with E-state index in [9.17, 15) is 9.59 Å². The Bertz CT molecular complexity index is 961. The number of hydrogen-bond donors (Lipinski definition) is 1. The first-order valence-electron chi connectivity index (χ1n) is 12.5. The summed E-state index contributed by atoms with van der Waals surface area (Å²) in [6, 6.07) is 14.3. The molecule has 6 nitrogen and oxygen atoms in total. The number of nitrogens with one attached hydrogen (secondary N) is 1. The molecule has 3 rings (SSSR count). The monoisotopic (exact) mass is 500 g/mol. The Labute approximate surface area is 213 Å². The fourth-order valence-electron chi connectivity index (χ4n) is 4.52. The second-order valence-electron chi connectivity index (χ2n) is 9.27. The van der Waals surface area contributed by atoms with Crippen LogP contribution in [0.3, 0.4) is 0 Å². The third-order valence-corrected chi connectivity index (χ3v) is 6.75. The van der Waals surface area contributed by atoms with Crippen LogP contribution in [0.15, 0.2) is 48.5 Å². The standard InChI is InChI=1S/C28H37ClN2O4/c1-4-16-35-24-15-12-22(17-25(24)34-3)27(28(33)30-23-13-10-20(2)11-14-23)31(26(32)18-29)19-21-8-6-5-7-9-21/h5-9,12,15,17,20,23,27H,4,10-11,13-14,16,18-19H2,1-3H3,(H,30,33)/t20?,23?,27-/m0/s1. The Kier molecular flexibility index (Phi) is 10.3. The normalized spacial score (nSPS) is 18.4. The lowest BCUT2D eigenvalue weighted by Gasteiger charge is -2.34. The summed E-state index contributed by atoms with van der Waals surface area (Å²) in [7, 11) is 1.57. The van der Waals surface area contributed by atoms with Crippen LogP contribution in [-0.4, -0.2) is 42.4 Å². The van der Waals surface area contributed by atoms with E-state index in [1.54, 1.807) is 24.1 Å². The number of rotatable bonds is 11. The minimum Gasteiger partial charge on any atom is -0.493 e. The first-order chi connectivity index (χ1) is 17.0. The molecule has 1 aliphatic rings. The molecule has 35 heavy (non-hydrogen) atoms. The fourth-order valence-corrected chi connectivity index (χ4v) is 4.68. The third kappa shape index (κ3) is 7.38. The van der Waals surface area contributed by atoms with E-state index in [1.165, 1.54) is 0 Å². The van der Waals surface area contributed by atoms with Crippen LogP contribution < -0.4 is 14.8 Å². The van der Waals surface area contributed by atoms with Crippen LogP contribution in [0.2, 0.25) is 0 Å². The van der Waals surface area contributed by atoms with Crippen molar-refractivity contribution in [3.8, 4) is 11.5 Å². The Morgan fingerprint density at radius 2 is 1.80 bits per heavy atom. The molecule has 0 bridgehead atoms. The van der Waals surface area contributed by atoms with Gasteiger partial charge in [0.05, 0.1) is 13.7 Å². The van der Waals surface area contributed by atoms with E-state index in [-0.39, 0.29) is 30.3 Å². The molecule has 0 heterocycles. The van der Waals surface area contributed by atoms with Crippen molar-refractivity contribution in [1.82, 2.24) is 10.2 Å². The molecule has 2 aromatic rings. The van der Waals surface area contributed by atoms with Crippen molar-refractivity contribution < 1.29 is 19.1 Å². The number of hydrogen-bond acceptors (Lipinski definition) is 4. The lowest BCUT2D eigenvalue weighted by atomic mass is 9.87. The molecular weight excluding hydrogens is 464 g/mol. The zero-order chi connectivity index (χ0) is 25.2. The molecule has 0 radical (unpaired) electrons. The number of alkyl halides is 1. The zero-order valence-corrected chi connectivity index (χ0v) is 21.7. The molecular formula is C28H37ClN2O4. The summed E-state index contributed by atoms with van der Waals surface area (Å²) in [5, 5.41) is 3.22. The molecule has 1 N–H and O–H groups in total. The SMILES string of the molecule is CCCOc1ccc([C@@H](C(=O)NC2CCC(C)CC2)N(Cc2ccccc2)C(=O)CCl)cc1OC. The van der Waals surface area contributed by atoms with Gasteiger partial charge in [-0.3, -0.25) is 9.59 Å². The molecule has 1 fully saturated rings. The van der Waals surface area contributed by atoms with Crippen molar-refractivity contribution in [2.75, 3.05) is 19.6 Å². The molecule has 1 saturated carbocycles. The topological polar surface area (TPSA) is 67.9 Å². The minimum absolute atomic E-state index is 0.0972. The maximum absolute atomic E-state index is 13.8. The number of halogens is 1. The van der Waals surface area contributed by atoms with Crippen LogP contribution in [0, 0.1) is 5.92 Å². The predicted octanol–water partition coefficient (Wildman–Crippen LogP) is 5.49. The number of nitrogens with zero attached hydrogens (tertiary/aromatic N) is 1. The van der Waals surface area contributed by atoms with Gasteiger partial charge in [0.25, 0.3) is 0 Å². The highest BCUT2D eigenvalue weighted by molar-refractivity contribution is 6.27. The minimum atomic E-state index is -0.852. The molecule has 0 spiro atoms. The summed E-state index contributed by atoms with van der Waals surface area (Å²) in [5.41, 5.74) is 1.58. The van der Waals surface area contributed by atoms with Gasteiger partial charge in [-0.05, 0) is 61.3 Å². The van der Waals surface area contributed by atoms with Crippen molar-refractivity contribution in [2.45, 2.75) is 64.6 Å². The quantitative estimate of drug-likeness (QED) is 0.414. The number of methoxy groups -OCH3 is 1. The van der Waals surface area contributed by atoms with Gasteiger partial charge in [0, 0.05) is 12.6 Å². The van der Waals surface area contributed by atoms with Crippen molar-refractivity contribution >= 4 is 23.4 Å². The Morgan fingerprint density at radius 3 is 2.43 bits per heavy atom. The largest absolute Gasteiger partial charge is 0.493 e. The van der Waals surface area contributed by atoms with Gasteiger partial charge >= 0.3 is 0 Å². The average molecular weight is 501 g/mol. The first-order valence-corrected chi connectivity index (χ1v) is 13.0. The van der Waals surface area contributed by atoms with Crippen molar-refractivity contribution in [3.63, 3.8) is 0 Å². The number of benzene rings is 2. The maximum Gasteiger partial charge on any atom is 0.247 e. The van der Waals surface area contributed by atoms with Gasteiger partial charge in [0.15, 0.2) is 11.5 Å². The van der Waals surface area contributed by atoms with E-state index in [4.69, 9.17) is 21.1 Å². The highest BCUT2D eigenvalue weighted by Gasteiger charge is 2.33. The van der Waals surface area contributed by atoms with Crippen LogP contribution in [-0.2, 0) is 16.1 Å². The second-order valence-corrected chi connectivity index (χ2v) is 9.53. The summed E-state index contributed by atoms with van der Waals surface area (Å²) in [5.74, 6) is 1.08. The highest BCUT2D eigenvalue weighted by atomic mass is 35.5. The number of carbonyl (C=O) groups excluding carboxylic acids is 2. The van der Waals surface area contributed by atoms with E-state index in [1.807, 2.05) is 43.3 Å². The van der Waals surface area contributed by atoms with Gasteiger partial charge in [-0.1, -0.05) is 50.2 Å². The lowest BCUT2D eigenvalue weighted by Crippen LogP contribution is -2.47. The van der Waals surface area contributed by atoms with Crippen LogP contribution in [0.5, 0.6) is 11.5 Å². The number of carbonyl (C=O) groups is 2. The van der Waals surface area contributed by atoms with Crippen molar-refractivity contribution in [3.05, 3.63) is 59.7 Å². The molecule has 0 unspecified atom stereocenters. The molecule has 0 saturated heterocycles. The van der Waals surface area contributed by atoms with Crippen molar-refractivity contribution in [2.24, 2.45) is 5.92 Å². The maximum atomic E-state index is 13.8. The van der Waals surface area contributed by atoms with Gasteiger partial charge in [0.1, 0.15) is 11.9 Å². The van der Waals surface area contributed by atoms with E-state index < -0.39 is 6.04 Å². The molecule has 190 valence electrons. The van der Waals surface area contributed by atoms with Gasteiger partial charge in [-0.15, -0.1) is 11.6 Å². The Morgan fingerprint density at radius 1 is 1.09 bits per heavy atom. The summed E-state index contributed by atoms with van der Waals surface area (Å²) < 4.78 is 11.4. The zero-order valence-electron chi connectivity index (χ0n) is 21.0. The van der Waals surface area contributed by atoms with E-state index in [0.717, 1.165) is 37.7 Å². The molecule has 1 aliphatic carbocycles. The fraction of sp³-hybridized carbons (Fsp3) is 0.500. The van der Waals surface area contributed by atoms with Crippen LogP contribution >= 0.6 is 11.6 Å². The van der Waals surface area contributed by atoms with Crippen LogP contribution in [0.25, 0.3) is 0 Å². The molecule has 1 atom stereocenters. The van der Waals surface area contributed by atoms with E-state index >= 15 is 0 Å². The molecule has 2 amide bonds. The van der Waals surface area contributed by atoms with Crippen LogP contribution in [0.4, 0.5) is 0 Å². The molecule has 2 aromatic carbocycles. The van der Waals surface area contributed by atoms with E-state index in [2.05, 4.69) is 12.2 Å². The van der Waals surface area contributed by atoms with Gasteiger partial charge < -0.3 is 19.7 Å². The average Bonchev–Trinajstić information content (AvgIpc) is 2.88. The lowest BCUT2D eigenvalue weighted by molar-refractivity contribution is -0.140. The van der Waals surface area contributed by atoms with Gasteiger partial charge in [-0.25, -0.2) is 0 Å². The van der Waals surface area contributed by atoms with Gasteiger partial charge in [-0.2, -0.15) is 0 Å². The molecule has 0 aliphatic heterocycles. The van der Waals surface area contributed by atoms with Gasteiger partial charge in [0.2, 0.25) is 11.8 Å². The highest BCUT2D eigenvalue weighted by Crippen LogP contribution is 2.34. The summed E-state index contributed by atoms with van der Waals surface area (Å²) in [6.07, 6.45) is 4.91. The smallest absolute Gasteiger partial charge is 0.247 e. The Balaban J connectivity index is 1.97. The number of amides is 2. The second kappa shape index (κ2) is 13.4. The van der Waals surface area contributed by atoms with Crippen LogP contribution in [0.1, 0.15) is 63.1 Å². The summed E-state index contributed by atoms with van der Waals surface area (Å²) in [6.45, 7) is 5.11. The molecule has 0 aromatic heterocycles. The van der Waals surface area contributed by atoms with Crippen molar-refractivity contribution in [1.29, 1.82) is 0 Å². The predicted molar refractivity (Wildman–Crippen MR) is 139 cm³/mol. The third-order valence-electron chi connectivity index (χ3n) is 6.52. The number of ether oxygens (including phenoxy) is 2. The first kappa shape index (κ1) is 26.9. The summed E-state index contributed by atoms with van der Waals surface area (Å²) >= 11 is 6.03. The molecule has 7 heteroatoms. The summed E-state index contributed by atoms with van der Waals surface area (Å²) in [4.78, 5) is 28.4.